The Labute approximate surface area is 129 Å². The van der Waals surface area contributed by atoms with Crippen LogP contribution in [0, 0.1) is 0 Å². The predicted octanol–water partition coefficient (Wildman–Crippen LogP) is 1.93. The van der Waals surface area contributed by atoms with E-state index in [2.05, 4.69) is 27.8 Å². The molecular formula is C17H19N3O2. The molecule has 0 saturated heterocycles. The predicted molar refractivity (Wildman–Crippen MR) is 83.9 cm³/mol. The minimum Gasteiger partial charge on any atom is -0.490 e. The Kier molecular flexibility index (Phi) is 4.53. The van der Waals surface area contributed by atoms with E-state index in [1.54, 1.807) is 12.4 Å². The molecule has 0 unspecified atom stereocenters. The van der Waals surface area contributed by atoms with Crippen molar-refractivity contribution >= 4 is 6.03 Å². The van der Waals surface area contributed by atoms with Gasteiger partial charge in [-0.3, -0.25) is 4.98 Å². The number of nitrogens with zero attached hydrogens (tertiary/aromatic N) is 1. The third-order valence-electron chi connectivity index (χ3n) is 3.68. The minimum absolute atomic E-state index is 0.146. The van der Waals surface area contributed by atoms with Gasteiger partial charge in [0, 0.05) is 12.2 Å². The van der Waals surface area contributed by atoms with E-state index in [1.807, 2.05) is 24.3 Å². The normalized spacial score (nSPS) is 13.5. The van der Waals surface area contributed by atoms with Crippen molar-refractivity contribution < 1.29 is 9.53 Å². The fourth-order valence-corrected chi connectivity index (χ4v) is 2.66. The van der Waals surface area contributed by atoms with Crippen LogP contribution in [0.2, 0.25) is 0 Å². The Hall–Kier alpha value is -2.56. The van der Waals surface area contributed by atoms with Gasteiger partial charge in [0.05, 0.1) is 12.7 Å². The van der Waals surface area contributed by atoms with E-state index >= 15 is 0 Å². The maximum Gasteiger partial charge on any atom is 0.315 e. The van der Waals surface area contributed by atoms with Gasteiger partial charge in [-0.1, -0.05) is 24.3 Å². The van der Waals surface area contributed by atoms with E-state index in [4.69, 9.17) is 4.74 Å². The molecule has 0 fully saturated rings. The lowest BCUT2D eigenvalue weighted by Crippen LogP contribution is -2.43. The Morgan fingerprint density at radius 3 is 2.64 bits per heavy atom. The highest BCUT2D eigenvalue weighted by Crippen LogP contribution is 2.21. The van der Waals surface area contributed by atoms with Crippen LogP contribution in [-0.2, 0) is 12.8 Å². The number of carbonyl (C=O) groups excluding carboxylic acids is 1. The molecule has 2 N–H and O–H groups in total. The van der Waals surface area contributed by atoms with Gasteiger partial charge in [-0.15, -0.1) is 0 Å². The zero-order valence-corrected chi connectivity index (χ0v) is 12.3. The SMILES string of the molecule is O=C(NCCOc1cccnc1)NC1Cc2ccccc2C1. The molecule has 1 aliphatic carbocycles. The number of carbonyl (C=O) groups is 1. The summed E-state index contributed by atoms with van der Waals surface area (Å²) in [6.07, 6.45) is 5.14. The van der Waals surface area contributed by atoms with Crippen molar-refractivity contribution in [1.29, 1.82) is 0 Å². The first-order chi connectivity index (χ1) is 10.8. The van der Waals surface area contributed by atoms with Crippen LogP contribution in [0.1, 0.15) is 11.1 Å². The average Bonchev–Trinajstić information content (AvgIpc) is 2.94. The summed E-state index contributed by atoms with van der Waals surface area (Å²) >= 11 is 0. The third kappa shape index (κ3) is 3.75. The number of urea groups is 1. The van der Waals surface area contributed by atoms with E-state index in [-0.39, 0.29) is 12.1 Å². The minimum atomic E-state index is -0.146. The largest absolute Gasteiger partial charge is 0.490 e. The van der Waals surface area contributed by atoms with Gasteiger partial charge in [0.1, 0.15) is 12.4 Å². The molecule has 0 saturated carbocycles. The second kappa shape index (κ2) is 6.93. The van der Waals surface area contributed by atoms with Crippen LogP contribution in [0.4, 0.5) is 4.79 Å². The second-order valence-electron chi connectivity index (χ2n) is 5.31. The van der Waals surface area contributed by atoms with E-state index in [1.165, 1.54) is 11.1 Å². The van der Waals surface area contributed by atoms with Gasteiger partial charge in [0.25, 0.3) is 0 Å². The molecule has 0 radical (unpaired) electrons. The number of ether oxygens (including phenoxy) is 1. The number of nitrogens with one attached hydrogen (secondary N) is 2. The van der Waals surface area contributed by atoms with Crippen LogP contribution in [0.25, 0.3) is 0 Å². The molecule has 2 amide bonds. The van der Waals surface area contributed by atoms with Crippen molar-refractivity contribution in [3.8, 4) is 5.75 Å². The maximum atomic E-state index is 11.9. The first-order valence-electron chi connectivity index (χ1n) is 7.45. The first-order valence-corrected chi connectivity index (χ1v) is 7.45. The highest BCUT2D eigenvalue weighted by molar-refractivity contribution is 5.74. The molecule has 114 valence electrons. The Balaban J connectivity index is 1.35. The van der Waals surface area contributed by atoms with Crippen LogP contribution in [0.15, 0.2) is 48.8 Å². The van der Waals surface area contributed by atoms with Crippen molar-refractivity contribution in [2.45, 2.75) is 18.9 Å². The topological polar surface area (TPSA) is 63.2 Å². The summed E-state index contributed by atoms with van der Waals surface area (Å²) in [5.41, 5.74) is 2.65. The molecular weight excluding hydrogens is 278 g/mol. The number of hydrogen-bond acceptors (Lipinski definition) is 3. The molecule has 3 rings (SSSR count). The fraction of sp³-hybridized carbons (Fsp3) is 0.294. The van der Waals surface area contributed by atoms with Gasteiger partial charge in [-0.25, -0.2) is 4.79 Å². The number of amides is 2. The summed E-state index contributed by atoms with van der Waals surface area (Å²) < 4.78 is 5.47. The highest BCUT2D eigenvalue weighted by atomic mass is 16.5. The smallest absolute Gasteiger partial charge is 0.315 e. The Morgan fingerprint density at radius 1 is 1.18 bits per heavy atom. The zero-order valence-electron chi connectivity index (χ0n) is 12.3. The molecule has 0 spiro atoms. The maximum absolute atomic E-state index is 11.9. The molecule has 0 atom stereocenters. The van der Waals surface area contributed by atoms with Crippen LogP contribution in [0.3, 0.4) is 0 Å². The summed E-state index contributed by atoms with van der Waals surface area (Å²) in [7, 11) is 0. The molecule has 5 heteroatoms. The number of aromatic nitrogens is 1. The second-order valence-corrected chi connectivity index (χ2v) is 5.31. The number of hydrogen-bond donors (Lipinski definition) is 2. The van der Waals surface area contributed by atoms with E-state index in [0.29, 0.717) is 18.9 Å². The first kappa shape index (κ1) is 14.4. The van der Waals surface area contributed by atoms with Gasteiger partial charge in [-0.2, -0.15) is 0 Å². The van der Waals surface area contributed by atoms with Gasteiger partial charge < -0.3 is 15.4 Å². The van der Waals surface area contributed by atoms with Crippen LogP contribution >= 0.6 is 0 Å². The summed E-state index contributed by atoms with van der Waals surface area (Å²) in [6.45, 7) is 0.879. The number of pyridine rings is 1. The fourth-order valence-electron chi connectivity index (χ4n) is 2.66. The van der Waals surface area contributed by atoms with Crippen molar-refractivity contribution in [3.05, 3.63) is 59.9 Å². The molecule has 22 heavy (non-hydrogen) atoms. The van der Waals surface area contributed by atoms with Crippen LogP contribution in [-0.4, -0.2) is 30.2 Å². The lowest BCUT2D eigenvalue weighted by Gasteiger charge is -2.13. The molecule has 1 aromatic carbocycles. The lowest BCUT2D eigenvalue weighted by molar-refractivity contribution is 0.233. The summed E-state index contributed by atoms with van der Waals surface area (Å²) in [4.78, 5) is 15.8. The third-order valence-corrected chi connectivity index (χ3v) is 3.68. The van der Waals surface area contributed by atoms with E-state index in [0.717, 1.165) is 12.8 Å². The van der Waals surface area contributed by atoms with E-state index in [9.17, 15) is 4.79 Å². The van der Waals surface area contributed by atoms with Crippen LogP contribution in [0.5, 0.6) is 5.75 Å². The molecule has 1 aromatic heterocycles. The molecule has 0 bridgehead atoms. The summed E-state index contributed by atoms with van der Waals surface area (Å²) in [5, 5.41) is 5.82. The summed E-state index contributed by atoms with van der Waals surface area (Å²) in [6, 6.07) is 12.0. The highest BCUT2D eigenvalue weighted by Gasteiger charge is 2.21. The molecule has 5 nitrogen and oxygen atoms in total. The molecule has 1 heterocycles. The monoisotopic (exact) mass is 297 g/mol. The van der Waals surface area contributed by atoms with Gasteiger partial charge in [0.2, 0.25) is 0 Å². The number of fused-ring (bicyclic) bond motifs is 1. The quantitative estimate of drug-likeness (QED) is 0.829. The lowest BCUT2D eigenvalue weighted by atomic mass is 10.1. The molecule has 1 aliphatic rings. The van der Waals surface area contributed by atoms with Gasteiger partial charge in [-0.05, 0) is 36.1 Å². The van der Waals surface area contributed by atoms with Gasteiger partial charge in [0.15, 0.2) is 0 Å². The zero-order chi connectivity index (χ0) is 15.2. The Morgan fingerprint density at radius 2 is 1.95 bits per heavy atom. The van der Waals surface area contributed by atoms with E-state index < -0.39 is 0 Å². The average molecular weight is 297 g/mol. The van der Waals surface area contributed by atoms with Gasteiger partial charge >= 0.3 is 6.03 Å². The molecule has 2 aromatic rings. The Bertz CT molecular complexity index is 606. The number of benzene rings is 1. The van der Waals surface area contributed by atoms with Crippen molar-refractivity contribution in [2.75, 3.05) is 13.2 Å². The van der Waals surface area contributed by atoms with Crippen LogP contribution < -0.4 is 15.4 Å². The standard InChI is InChI=1S/C17H19N3O2/c21-17(19-8-9-22-16-6-3-7-18-12-16)20-15-10-13-4-1-2-5-14(13)11-15/h1-7,12,15H,8-11H2,(H2,19,20,21). The molecule has 0 aliphatic heterocycles. The van der Waals surface area contributed by atoms with Crippen molar-refractivity contribution in [3.63, 3.8) is 0 Å². The summed E-state index contributed by atoms with van der Waals surface area (Å²) in [5.74, 6) is 0.705. The van der Waals surface area contributed by atoms with Crippen molar-refractivity contribution in [1.82, 2.24) is 15.6 Å². The van der Waals surface area contributed by atoms with Crippen molar-refractivity contribution in [2.24, 2.45) is 0 Å². The number of rotatable bonds is 5.